The molecule has 3 N–H and O–H groups in total. The van der Waals surface area contributed by atoms with Crippen molar-refractivity contribution >= 4 is 17.8 Å². The van der Waals surface area contributed by atoms with Crippen LogP contribution in [0.5, 0.6) is 11.5 Å². The van der Waals surface area contributed by atoms with Crippen molar-refractivity contribution in [3.63, 3.8) is 0 Å². The highest BCUT2D eigenvalue weighted by Crippen LogP contribution is 2.48. The molecule has 0 heterocycles. The van der Waals surface area contributed by atoms with Gasteiger partial charge in [0.1, 0.15) is 5.75 Å². The molecule has 3 saturated carbocycles. The lowest BCUT2D eigenvalue weighted by atomic mass is 9.75. The fourth-order valence-electron chi connectivity index (χ4n) is 5.53. The van der Waals surface area contributed by atoms with E-state index in [1.54, 1.807) is 6.92 Å². The van der Waals surface area contributed by atoms with E-state index in [1.165, 1.54) is 13.2 Å². The van der Waals surface area contributed by atoms with E-state index in [1.807, 2.05) is 6.92 Å². The largest absolute Gasteiger partial charge is 0.496 e. The minimum Gasteiger partial charge on any atom is -0.496 e. The number of nitrogens with one attached hydrogen (secondary N) is 2. The number of halogens is 1. The number of ether oxygens (including phenoxy) is 2. The normalized spacial score (nSPS) is 29.2. The van der Waals surface area contributed by atoms with E-state index in [2.05, 4.69) is 17.6 Å². The van der Waals surface area contributed by atoms with E-state index in [0.29, 0.717) is 38.5 Å². The van der Waals surface area contributed by atoms with Crippen molar-refractivity contribution in [2.24, 2.45) is 16.7 Å². The molecule has 37 heavy (non-hydrogen) atoms. The van der Waals surface area contributed by atoms with Crippen molar-refractivity contribution in [3.05, 3.63) is 23.5 Å². The van der Waals surface area contributed by atoms with Crippen LogP contribution < -0.4 is 20.1 Å². The van der Waals surface area contributed by atoms with Crippen LogP contribution in [0.2, 0.25) is 0 Å². The molecule has 0 spiro atoms. The quantitative estimate of drug-likeness (QED) is 0.445. The maximum absolute atomic E-state index is 14.8. The summed E-state index contributed by atoms with van der Waals surface area (Å²) in [5.41, 5.74) is -0.507. The van der Waals surface area contributed by atoms with Gasteiger partial charge in [0.2, 0.25) is 5.91 Å². The second kappa shape index (κ2) is 10.5. The van der Waals surface area contributed by atoms with Gasteiger partial charge < -0.3 is 25.2 Å². The van der Waals surface area contributed by atoms with Crippen molar-refractivity contribution in [2.45, 2.75) is 96.7 Å². The van der Waals surface area contributed by atoms with Crippen molar-refractivity contribution < 1.29 is 33.4 Å². The summed E-state index contributed by atoms with van der Waals surface area (Å²) in [7, 11) is 1.37. The highest BCUT2D eigenvalue weighted by Gasteiger charge is 2.44. The second-order valence-corrected chi connectivity index (χ2v) is 11.7. The molecule has 0 aliphatic heterocycles. The molecular formula is C28H39FN2O6. The van der Waals surface area contributed by atoms with Crippen molar-refractivity contribution in [1.29, 1.82) is 0 Å². The molecule has 0 aromatic heterocycles. The van der Waals surface area contributed by atoms with E-state index in [9.17, 15) is 23.9 Å². The SMILES string of the molecule is COc1cc(F)c(OC2CCC(C)(C(=O)O)CC2)cc1C(=O)N[C@@H]1CCC[C@@H]1C(=O)N[C@H](C)C1(C)CC1. The maximum Gasteiger partial charge on any atom is 0.309 e. The molecule has 0 radical (unpaired) electrons. The summed E-state index contributed by atoms with van der Waals surface area (Å²) in [6.07, 6.45) is 5.91. The Morgan fingerprint density at radius 1 is 1.05 bits per heavy atom. The number of carbonyl (C=O) groups excluding carboxylic acids is 2. The van der Waals surface area contributed by atoms with Gasteiger partial charge in [0, 0.05) is 18.2 Å². The zero-order valence-electron chi connectivity index (χ0n) is 22.2. The van der Waals surface area contributed by atoms with E-state index in [0.717, 1.165) is 25.3 Å². The first kappa shape index (κ1) is 27.2. The van der Waals surface area contributed by atoms with Gasteiger partial charge >= 0.3 is 5.97 Å². The van der Waals surface area contributed by atoms with E-state index < -0.39 is 23.1 Å². The molecular weight excluding hydrogens is 479 g/mol. The summed E-state index contributed by atoms with van der Waals surface area (Å²) in [6, 6.07) is 2.24. The lowest BCUT2D eigenvalue weighted by Gasteiger charge is -2.34. The molecule has 4 rings (SSSR count). The van der Waals surface area contributed by atoms with Gasteiger partial charge in [-0.25, -0.2) is 4.39 Å². The monoisotopic (exact) mass is 518 g/mol. The molecule has 0 bridgehead atoms. The van der Waals surface area contributed by atoms with Gasteiger partial charge in [-0.15, -0.1) is 0 Å². The molecule has 9 heteroatoms. The van der Waals surface area contributed by atoms with Crippen LogP contribution in [-0.2, 0) is 9.59 Å². The van der Waals surface area contributed by atoms with Crippen LogP contribution in [-0.4, -0.2) is 48.2 Å². The van der Waals surface area contributed by atoms with E-state index >= 15 is 0 Å². The Bertz CT molecular complexity index is 1050. The molecule has 3 aliphatic rings. The molecule has 1 aromatic rings. The number of carboxylic acid groups (broad SMARTS) is 1. The highest BCUT2D eigenvalue weighted by molar-refractivity contribution is 5.98. The predicted octanol–water partition coefficient (Wildman–Crippen LogP) is 4.45. The number of amides is 2. The standard InChI is InChI=1S/C28H39FN2O6/c1-16(27(2)12-13-27)30-24(32)18-6-5-7-21(18)31-25(33)19-14-23(20(29)15-22(19)36-4)37-17-8-10-28(3,11-9-17)26(34)35/h14-18,21H,5-13H2,1-4H3,(H,30,32)(H,31,33)(H,34,35)/t16-,17?,18+,21-,28?/m1/s1. The Balaban J connectivity index is 1.43. The summed E-state index contributed by atoms with van der Waals surface area (Å²) in [6.45, 7) is 5.92. The third kappa shape index (κ3) is 5.85. The van der Waals surface area contributed by atoms with Crippen LogP contribution in [0.15, 0.2) is 12.1 Å². The minimum atomic E-state index is -0.837. The summed E-state index contributed by atoms with van der Waals surface area (Å²) < 4.78 is 26.0. The first-order valence-corrected chi connectivity index (χ1v) is 13.3. The van der Waals surface area contributed by atoms with Crippen molar-refractivity contribution in [3.8, 4) is 11.5 Å². The van der Waals surface area contributed by atoms with Gasteiger partial charge in [0.15, 0.2) is 11.6 Å². The van der Waals surface area contributed by atoms with Gasteiger partial charge in [0.25, 0.3) is 5.91 Å². The molecule has 2 amide bonds. The minimum absolute atomic E-state index is 0.0378. The molecule has 1 aromatic carbocycles. The summed E-state index contributed by atoms with van der Waals surface area (Å²) in [5.74, 6) is -2.28. The number of carboxylic acids is 1. The maximum atomic E-state index is 14.8. The third-order valence-corrected chi connectivity index (χ3v) is 8.96. The van der Waals surface area contributed by atoms with Crippen LogP contribution in [0.4, 0.5) is 4.39 Å². The number of hydrogen-bond acceptors (Lipinski definition) is 5. The number of rotatable bonds is 9. The van der Waals surface area contributed by atoms with Crippen molar-refractivity contribution in [2.75, 3.05) is 7.11 Å². The Labute approximate surface area is 217 Å². The van der Waals surface area contributed by atoms with Gasteiger partial charge in [-0.05, 0) is 76.7 Å². The topological polar surface area (TPSA) is 114 Å². The van der Waals surface area contributed by atoms with Gasteiger partial charge in [-0.3, -0.25) is 14.4 Å². The molecule has 0 unspecified atom stereocenters. The van der Waals surface area contributed by atoms with Crippen LogP contribution in [0, 0.1) is 22.6 Å². The molecule has 3 aliphatic carbocycles. The number of aliphatic carboxylic acids is 1. The second-order valence-electron chi connectivity index (χ2n) is 11.7. The van der Waals surface area contributed by atoms with Crippen molar-refractivity contribution in [1.82, 2.24) is 10.6 Å². The van der Waals surface area contributed by atoms with Crippen LogP contribution in [0.3, 0.4) is 0 Å². The number of benzene rings is 1. The van der Waals surface area contributed by atoms with Crippen LogP contribution >= 0.6 is 0 Å². The average Bonchev–Trinajstić information content (AvgIpc) is 3.45. The Kier molecular flexibility index (Phi) is 7.72. The highest BCUT2D eigenvalue weighted by atomic mass is 19.1. The molecule has 3 fully saturated rings. The molecule has 204 valence electrons. The average molecular weight is 519 g/mol. The summed E-state index contributed by atoms with van der Waals surface area (Å²) in [5, 5.41) is 15.6. The zero-order valence-corrected chi connectivity index (χ0v) is 22.2. The van der Waals surface area contributed by atoms with E-state index in [4.69, 9.17) is 9.47 Å². The lowest BCUT2D eigenvalue weighted by Crippen LogP contribution is -2.47. The van der Waals surface area contributed by atoms with Crippen LogP contribution in [0.25, 0.3) is 0 Å². The molecule has 0 saturated heterocycles. The predicted molar refractivity (Wildman–Crippen MR) is 135 cm³/mol. The van der Waals surface area contributed by atoms with Gasteiger partial charge in [-0.1, -0.05) is 13.3 Å². The smallest absolute Gasteiger partial charge is 0.309 e. The zero-order chi connectivity index (χ0) is 27.0. The van der Waals surface area contributed by atoms with Gasteiger partial charge in [0.05, 0.1) is 30.1 Å². The number of methoxy groups -OCH3 is 1. The number of carbonyl (C=O) groups is 3. The fraction of sp³-hybridized carbons (Fsp3) is 0.679. The van der Waals surface area contributed by atoms with Crippen LogP contribution in [0.1, 0.15) is 88.9 Å². The Hall–Kier alpha value is -2.84. The molecule has 3 atom stereocenters. The summed E-state index contributed by atoms with van der Waals surface area (Å²) in [4.78, 5) is 37.8. The fourth-order valence-corrected chi connectivity index (χ4v) is 5.53. The Morgan fingerprint density at radius 3 is 2.32 bits per heavy atom. The molecule has 8 nitrogen and oxygen atoms in total. The van der Waals surface area contributed by atoms with Gasteiger partial charge in [-0.2, -0.15) is 0 Å². The lowest BCUT2D eigenvalue weighted by molar-refractivity contribution is -0.150. The third-order valence-electron chi connectivity index (χ3n) is 8.96. The van der Waals surface area contributed by atoms with E-state index in [-0.39, 0.29) is 52.5 Å². The number of hydrogen-bond donors (Lipinski definition) is 3. The Morgan fingerprint density at radius 2 is 1.73 bits per heavy atom. The first-order valence-electron chi connectivity index (χ1n) is 13.3. The summed E-state index contributed by atoms with van der Waals surface area (Å²) >= 11 is 0. The first-order chi connectivity index (χ1) is 17.5.